The van der Waals surface area contributed by atoms with E-state index in [1.807, 2.05) is 37.4 Å². The number of rotatable bonds is 3. The molecule has 130 valence electrons. The zero-order chi connectivity index (χ0) is 17.4. The maximum atomic E-state index is 13.0. The average Bonchev–Trinajstić information content (AvgIpc) is 3.10. The van der Waals surface area contributed by atoms with Gasteiger partial charge in [0.25, 0.3) is 0 Å². The van der Waals surface area contributed by atoms with Crippen molar-refractivity contribution in [1.29, 1.82) is 0 Å². The fraction of sp³-hybridized carbons (Fsp3) is 0.647. The summed E-state index contributed by atoms with van der Waals surface area (Å²) in [5.41, 5.74) is 3.02. The van der Waals surface area contributed by atoms with Crippen LogP contribution < -0.4 is 0 Å². The Hall–Kier alpha value is -2.18. The topological polar surface area (TPSA) is 77.1 Å². The van der Waals surface area contributed by atoms with E-state index in [1.165, 1.54) is 0 Å². The molecule has 0 radical (unpaired) electrons. The molecule has 2 aromatic rings. The molecule has 0 saturated carbocycles. The van der Waals surface area contributed by atoms with Crippen molar-refractivity contribution < 1.29 is 9.32 Å². The molecule has 0 spiro atoms. The molecular weight excluding hydrogens is 306 g/mol. The van der Waals surface area contributed by atoms with E-state index >= 15 is 0 Å². The molecule has 24 heavy (non-hydrogen) atoms. The Balaban J connectivity index is 1.76. The molecule has 1 saturated heterocycles. The van der Waals surface area contributed by atoms with E-state index in [-0.39, 0.29) is 17.7 Å². The minimum absolute atomic E-state index is 0.152. The molecule has 1 amide bonds. The smallest absolute Gasteiger partial charge is 0.229 e. The Morgan fingerprint density at radius 2 is 2.08 bits per heavy atom. The molecule has 7 heteroatoms. The van der Waals surface area contributed by atoms with Gasteiger partial charge in [-0.3, -0.25) is 9.48 Å². The number of amides is 1. The van der Waals surface area contributed by atoms with Crippen LogP contribution in [0.1, 0.15) is 60.3 Å². The first-order valence-corrected chi connectivity index (χ1v) is 8.47. The number of hydrogen-bond acceptors (Lipinski definition) is 5. The molecule has 7 nitrogen and oxygen atoms in total. The SMILES string of the molecule is Cc1nc([C@@H]2CCCN(C(=O)[C@H](C)c3c(C)nn(C)c3C)C2)no1. The third-order valence-electron chi connectivity index (χ3n) is 5.01. The number of carbonyl (C=O) groups is 1. The van der Waals surface area contributed by atoms with Gasteiger partial charge in [0.1, 0.15) is 0 Å². The molecule has 0 aromatic carbocycles. The van der Waals surface area contributed by atoms with E-state index in [0.717, 1.165) is 36.3 Å². The maximum Gasteiger partial charge on any atom is 0.229 e. The predicted molar refractivity (Wildman–Crippen MR) is 88.7 cm³/mol. The van der Waals surface area contributed by atoms with Gasteiger partial charge in [-0.25, -0.2) is 0 Å². The summed E-state index contributed by atoms with van der Waals surface area (Å²) in [5, 5.41) is 8.47. The molecule has 0 unspecified atom stereocenters. The van der Waals surface area contributed by atoms with Crippen molar-refractivity contribution in [2.75, 3.05) is 13.1 Å². The van der Waals surface area contributed by atoms with Gasteiger partial charge in [0.15, 0.2) is 5.82 Å². The maximum absolute atomic E-state index is 13.0. The third kappa shape index (κ3) is 2.95. The summed E-state index contributed by atoms with van der Waals surface area (Å²) in [4.78, 5) is 19.3. The van der Waals surface area contributed by atoms with Crippen LogP contribution in [0.15, 0.2) is 4.52 Å². The van der Waals surface area contributed by atoms with Gasteiger partial charge in [-0.05, 0) is 33.6 Å². The van der Waals surface area contributed by atoms with Crippen LogP contribution in [-0.2, 0) is 11.8 Å². The highest BCUT2D eigenvalue weighted by Gasteiger charge is 2.32. The first kappa shape index (κ1) is 16.7. The van der Waals surface area contributed by atoms with Crippen LogP contribution in [0.4, 0.5) is 0 Å². The molecule has 3 heterocycles. The number of likely N-dealkylation sites (tertiary alicyclic amines) is 1. The van der Waals surface area contributed by atoms with Gasteiger partial charge in [0.05, 0.1) is 11.6 Å². The lowest BCUT2D eigenvalue weighted by Crippen LogP contribution is -2.41. The third-order valence-corrected chi connectivity index (χ3v) is 5.01. The van der Waals surface area contributed by atoms with E-state index in [0.29, 0.717) is 18.3 Å². The van der Waals surface area contributed by atoms with Crippen molar-refractivity contribution in [3.05, 3.63) is 28.7 Å². The molecule has 2 aromatic heterocycles. The highest BCUT2D eigenvalue weighted by molar-refractivity contribution is 5.84. The van der Waals surface area contributed by atoms with Crippen molar-refractivity contribution >= 4 is 5.91 Å². The van der Waals surface area contributed by atoms with Gasteiger partial charge < -0.3 is 9.42 Å². The van der Waals surface area contributed by atoms with E-state index in [2.05, 4.69) is 15.2 Å². The standard InChI is InChI=1S/C17H25N5O2/c1-10(15-11(2)19-21(5)12(15)3)17(23)22-8-6-7-14(9-22)16-18-13(4)24-20-16/h10,14H,6-9H2,1-5H3/t10-,14-/m1/s1. The average molecular weight is 331 g/mol. The van der Waals surface area contributed by atoms with Crippen molar-refractivity contribution in [2.45, 2.75) is 52.4 Å². The van der Waals surface area contributed by atoms with Gasteiger partial charge in [0, 0.05) is 44.2 Å². The second-order valence-electron chi connectivity index (χ2n) is 6.72. The number of carbonyl (C=O) groups excluding carboxylic acids is 1. The molecule has 3 rings (SSSR count). The highest BCUT2D eigenvalue weighted by Crippen LogP contribution is 2.29. The van der Waals surface area contributed by atoms with Crippen LogP contribution in [-0.4, -0.2) is 43.8 Å². The van der Waals surface area contributed by atoms with Crippen molar-refractivity contribution in [3.8, 4) is 0 Å². The summed E-state index contributed by atoms with van der Waals surface area (Å²) in [5.74, 6) is 1.40. The van der Waals surface area contributed by atoms with Crippen LogP contribution in [0.25, 0.3) is 0 Å². The van der Waals surface area contributed by atoms with Crippen molar-refractivity contribution in [1.82, 2.24) is 24.8 Å². The zero-order valence-electron chi connectivity index (χ0n) is 15.0. The molecule has 0 aliphatic carbocycles. The monoisotopic (exact) mass is 331 g/mol. The Labute approximate surface area is 142 Å². The van der Waals surface area contributed by atoms with Crippen LogP contribution in [0, 0.1) is 20.8 Å². The Morgan fingerprint density at radius 1 is 1.33 bits per heavy atom. The molecular formula is C17H25N5O2. The van der Waals surface area contributed by atoms with Crippen molar-refractivity contribution in [3.63, 3.8) is 0 Å². The van der Waals surface area contributed by atoms with E-state index in [1.54, 1.807) is 6.92 Å². The fourth-order valence-electron chi connectivity index (χ4n) is 3.68. The van der Waals surface area contributed by atoms with Gasteiger partial charge in [-0.2, -0.15) is 10.1 Å². The van der Waals surface area contributed by atoms with E-state index in [4.69, 9.17) is 4.52 Å². The minimum Gasteiger partial charge on any atom is -0.341 e. The lowest BCUT2D eigenvalue weighted by atomic mass is 9.93. The van der Waals surface area contributed by atoms with Gasteiger partial charge in [-0.15, -0.1) is 0 Å². The molecule has 2 atom stereocenters. The summed E-state index contributed by atoms with van der Waals surface area (Å²) >= 11 is 0. The molecule has 1 aliphatic heterocycles. The number of aryl methyl sites for hydroxylation is 3. The van der Waals surface area contributed by atoms with Gasteiger partial charge >= 0.3 is 0 Å². The highest BCUT2D eigenvalue weighted by atomic mass is 16.5. The lowest BCUT2D eigenvalue weighted by molar-refractivity contribution is -0.133. The molecule has 1 fully saturated rings. The van der Waals surface area contributed by atoms with Crippen LogP contribution in [0.5, 0.6) is 0 Å². The fourth-order valence-corrected chi connectivity index (χ4v) is 3.68. The zero-order valence-corrected chi connectivity index (χ0v) is 15.0. The summed E-state index contributed by atoms with van der Waals surface area (Å²) < 4.78 is 6.93. The predicted octanol–water partition coefficient (Wildman–Crippen LogP) is 2.24. The summed E-state index contributed by atoms with van der Waals surface area (Å²) in [6.45, 7) is 9.18. The number of aromatic nitrogens is 4. The summed E-state index contributed by atoms with van der Waals surface area (Å²) in [6.07, 6.45) is 1.95. The Bertz CT molecular complexity index is 748. The first-order valence-electron chi connectivity index (χ1n) is 8.47. The molecule has 0 N–H and O–H groups in total. The number of nitrogens with zero attached hydrogens (tertiary/aromatic N) is 5. The second-order valence-corrected chi connectivity index (χ2v) is 6.72. The van der Waals surface area contributed by atoms with Gasteiger partial charge in [-0.1, -0.05) is 5.16 Å². The normalized spacial score (nSPS) is 19.5. The number of piperidine rings is 1. The number of hydrogen-bond donors (Lipinski definition) is 0. The van der Waals surface area contributed by atoms with Gasteiger partial charge in [0.2, 0.25) is 11.8 Å². The second kappa shape index (κ2) is 6.37. The van der Waals surface area contributed by atoms with Crippen LogP contribution in [0.2, 0.25) is 0 Å². The summed E-state index contributed by atoms with van der Waals surface area (Å²) in [7, 11) is 1.92. The largest absolute Gasteiger partial charge is 0.341 e. The van der Waals surface area contributed by atoms with E-state index < -0.39 is 0 Å². The van der Waals surface area contributed by atoms with Crippen molar-refractivity contribution in [2.24, 2.45) is 7.05 Å². The Morgan fingerprint density at radius 3 is 2.67 bits per heavy atom. The van der Waals surface area contributed by atoms with Crippen LogP contribution >= 0.6 is 0 Å². The molecule has 1 aliphatic rings. The molecule has 0 bridgehead atoms. The first-order chi connectivity index (χ1) is 11.4. The Kier molecular flexibility index (Phi) is 4.43. The minimum atomic E-state index is -0.190. The summed E-state index contributed by atoms with van der Waals surface area (Å²) in [6, 6.07) is 0. The van der Waals surface area contributed by atoms with E-state index in [9.17, 15) is 4.79 Å². The lowest BCUT2D eigenvalue weighted by Gasteiger charge is -2.33. The van der Waals surface area contributed by atoms with Crippen LogP contribution in [0.3, 0.4) is 0 Å². The quantitative estimate of drug-likeness (QED) is 0.862.